The minimum absolute atomic E-state index is 0.293. The maximum atomic E-state index is 12.9. The van der Waals surface area contributed by atoms with Gasteiger partial charge in [-0.2, -0.15) is 0 Å². The van der Waals surface area contributed by atoms with E-state index in [1.165, 1.54) is 19.3 Å². The SMILES string of the molecule is CNC(=O)c1cccc(C(=O)Nc2cnc(C)c(C(=O)Nc3ccc(OCc4ccccn4)cc3)c2)c1. The van der Waals surface area contributed by atoms with Crippen LogP contribution in [0.1, 0.15) is 42.5 Å². The van der Waals surface area contributed by atoms with E-state index < -0.39 is 5.91 Å². The van der Waals surface area contributed by atoms with E-state index in [0.717, 1.165) is 5.69 Å². The van der Waals surface area contributed by atoms with Crippen LogP contribution in [0.25, 0.3) is 0 Å². The van der Waals surface area contributed by atoms with Gasteiger partial charge >= 0.3 is 0 Å². The molecule has 0 fully saturated rings. The second kappa shape index (κ2) is 11.6. The topological polar surface area (TPSA) is 122 Å². The summed E-state index contributed by atoms with van der Waals surface area (Å²) in [6, 6.07) is 20.5. The van der Waals surface area contributed by atoms with Crippen LogP contribution in [0.15, 0.2) is 85.2 Å². The molecule has 0 aliphatic heterocycles. The molecule has 0 radical (unpaired) electrons. The minimum atomic E-state index is -0.427. The lowest BCUT2D eigenvalue weighted by atomic mass is 10.1. The number of carbonyl (C=O) groups is 3. The van der Waals surface area contributed by atoms with Gasteiger partial charge < -0.3 is 20.7 Å². The van der Waals surface area contributed by atoms with Crippen LogP contribution in [0.2, 0.25) is 0 Å². The first-order chi connectivity index (χ1) is 17.9. The smallest absolute Gasteiger partial charge is 0.257 e. The third-order valence-corrected chi connectivity index (χ3v) is 5.43. The number of anilines is 2. The van der Waals surface area contributed by atoms with E-state index in [-0.39, 0.29) is 11.8 Å². The van der Waals surface area contributed by atoms with Crippen molar-refractivity contribution in [2.45, 2.75) is 13.5 Å². The molecule has 4 rings (SSSR count). The number of ether oxygens (including phenoxy) is 1. The predicted molar refractivity (Wildman–Crippen MR) is 140 cm³/mol. The van der Waals surface area contributed by atoms with E-state index in [9.17, 15) is 14.4 Å². The summed E-state index contributed by atoms with van der Waals surface area (Å²) in [6.07, 6.45) is 3.18. The summed E-state index contributed by atoms with van der Waals surface area (Å²) in [7, 11) is 1.52. The molecular weight excluding hydrogens is 470 g/mol. The van der Waals surface area contributed by atoms with Crippen LogP contribution < -0.4 is 20.7 Å². The molecule has 0 aliphatic rings. The Kier molecular flexibility index (Phi) is 7.85. The molecule has 37 heavy (non-hydrogen) atoms. The Morgan fingerprint density at radius 2 is 1.51 bits per heavy atom. The Labute approximate surface area is 213 Å². The molecule has 9 heteroatoms. The van der Waals surface area contributed by atoms with Gasteiger partial charge in [-0.15, -0.1) is 0 Å². The number of pyridine rings is 2. The summed E-state index contributed by atoms with van der Waals surface area (Å²) in [4.78, 5) is 46.0. The zero-order chi connectivity index (χ0) is 26.2. The van der Waals surface area contributed by atoms with Gasteiger partial charge in [0.05, 0.1) is 28.8 Å². The van der Waals surface area contributed by atoms with Crippen LogP contribution in [0.5, 0.6) is 5.75 Å². The summed E-state index contributed by atoms with van der Waals surface area (Å²) in [5.74, 6) is -0.445. The van der Waals surface area contributed by atoms with E-state index in [4.69, 9.17) is 4.74 Å². The zero-order valence-corrected chi connectivity index (χ0v) is 20.3. The Morgan fingerprint density at radius 3 is 2.22 bits per heavy atom. The Morgan fingerprint density at radius 1 is 0.784 bits per heavy atom. The number of aromatic nitrogens is 2. The Hall–Kier alpha value is -5.05. The van der Waals surface area contributed by atoms with Crippen molar-refractivity contribution < 1.29 is 19.1 Å². The summed E-state index contributed by atoms with van der Waals surface area (Å²) in [6.45, 7) is 2.05. The quantitative estimate of drug-likeness (QED) is 0.336. The molecule has 4 aromatic rings. The van der Waals surface area contributed by atoms with Gasteiger partial charge in [-0.3, -0.25) is 24.4 Å². The van der Waals surface area contributed by atoms with Crippen LogP contribution in [0.3, 0.4) is 0 Å². The largest absolute Gasteiger partial charge is 0.487 e. The molecule has 0 atom stereocenters. The molecule has 2 heterocycles. The third-order valence-electron chi connectivity index (χ3n) is 5.43. The fraction of sp³-hybridized carbons (Fsp3) is 0.107. The molecule has 3 N–H and O–H groups in total. The van der Waals surface area contributed by atoms with Crippen molar-refractivity contribution in [2.75, 3.05) is 17.7 Å². The van der Waals surface area contributed by atoms with Crippen molar-refractivity contribution in [2.24, 2.45) is 0 Å². The van der Waals surface area contributed by atoms with Gasteiger partial charge in [0.15, 0.2) is 0 Å². The fourth-order valence-electron chi connectivity index (χ4n) is 3.45. The number of hydrogen-bond acceptors (Lipinski definition) is 6. The van der Waals surface area contributed by atoms with Crippen LogP contribution in [-0.2, 0) is 6.61 Å². The number of rotatable bonds is 8. The van der Waals surface area contributed by atoms with E-state index in [1.807, 2.05) is 18.2 Å². The molecular formula is C28H25N5O4. The van der Waals surface area contributed by atoms with Gasteiger partial charge in [0.1, 0.15) is 12.4 Å². The van der Waals surface area contributed by atoms with Crippen molar-refractivity contribution in [1.82, 2.24) is 15.3 Å². The van der Waals surface area contributed by atoms with Crippen LogP contribution in [0.4, 0.5) is 11.4 Å². The molecule has 0 aliphatic carbocycles. The lowest BCUT2D eigenvalue weighted by molar-refractivity contribution is 0.0962. The number of benzene rings is 2. The maximum absolute atomic E-state index is 12.9. The highest BCUT2D eigenvalue weighted by Gasteiger charge is 2.15. The number of amides is 3. The second-order valence-corrected chi connectivity index (χ2v) is 8.06. The van der Waals surface area contributed by atoms with Crippen molar-refractivity contribution in [1.29, 1.82) is 0 Å². The standard InChI is InChI=1S/C28H25N5O4/c1-18-25(15-23(16-31-18)33-27(35)20-7-5-6-19(14-20)26(34)29-2)28(36)32-21-9-11-24(12-10-21)37-17-22-8-3-4-13-30-22/h3-16H,17H2,1-2H3,(H,29,34)(H,32,36)(H,33,35). The summed E-state index contributed by atoms with van der Waals surface area (Å²) < 4.78 is 5.72. The van der Waals surface area contributed by atoms with Gasteiger partial charge in [0.2, 0.25) is 0 Å². The first kappa shape index (κ1) is 25.1. The molecule has 0 unspecified atom stereocenters. The lowest BCUT2D eigenvalue weighted by Gasteiger charge is -2.11. The highest BCUT2D eigenvalue weighted by atomic mass is 16.5. The highest BCUT2D eigenvalue weighted by molar-refractivity contribution is 6.08. The first-order valence-electron chi connectivity index (χ1n) is 11.5. The minimum Gasteiger partial charge on any atom is -0.487 e. The van der Waals surface area contributed by atoms with E-state index in [2.05, 4.69) is 25.9 Å². The average molecular weight is 496 g/mol. The highest BCUT2D eigenvalue weighted by Crippen LogP contribution is 2.20. The third kappa shape index (κ3) is 6.55. The first-order valence-corrected chi connectivity index (χ1v) is 11.5. The average Bonchev–Trinajstić information content (AvgIpc) is 2.93. The van der Waals surface area contributed by atoms with E-state index in [1.54, 1.807) is 61.7 Å². The van der Waals surface area contributed by atoms with Crippen LogP contribution in [-0.4, -0.2) is 34.7 Å². The molecule has 0 spiro atoms. The normalized spacial score (nSPS) is 10.3. The van der Waals surface area contributed by atoms with Gasteiger partial charge in [-0.25, -0.2) is 0 Å². The molecule has 0 saturated carbocycles. The van der Waals surface area contributed by atoms with Crippen molar-refractivity contribution in [3.05, 3.63) is 113 Å². The molecule has 186 valence electrons. The van der Waals surface area contributed by atoms with Gasteiger partial charge in [0, 0.05) is 30.1 Å². The number of hydrogen-bond donors (Lipinski definition) is 3. The zero-order valence-electron chi connectivity index (χ0n) is 20.3. The van der Waals surface area contributed by atoms with Crippen molar-refractivity contribution >= 4 is 29.1 Å². The molecule has 0 saturated heterocycles. The van der Waals surface area contributed by atoms with E-state index in [0.29, 0.717) is 46.1 Å². The second-order valence-electron chi connectivity index (χ2n) is 8.06. The summed E-state index contributed by atoms with van der Waals surface area (Å²) in [5.41, 5.74) is 3.23. The van der Waals surface area contributed by atoms with Crippen molar-refractivity contribution in [3.8, 4) is 5.75 Å². The van der Waals surface area contributed by atoms with Crippen LogP contribution >= 0.6 is 0 Å². The maximum Gasteiger partial charge on any atom is 0.257 e. The summed E-state index contributed by atoms with van der Waals surface area (Å²) >= 11 is 0. The number of carbonyl (C=O) groups excluding carboxylic acids is 3. The number of aryl methyl sites for hydroxylation is 1. The van der Waals surface area contributed by atoms with Crippen LogP contribution in [0, 0.1) is 6.92 Å². The Balaban J connectivity index is 1.40. The monoisotopic (exact) mass is 495 g/mol. The van der Waals surface area contributed by atoms with Gasteiger partial charge in [0.25, 0.3) is 17.7 Å². The fourth-order valence-corrected chi connectivity index (χ4v) is 3.45. The number of nitrogens with one attached hydrogen (secondary N) is 3. The lowest BCUT2D eigenvalue weighted by Crippen LogP contribution is -2.19. The summed E-state index contributed by atoms with van der Waals surface area (Å²) in [5, 5.41) is 8.09. The molecule has 2 aromatic heterocycles. The molecule has 9 nitrogen and oxygen atoms in total. The van der Waals surface area contributed by atoms with Crippen molar-refractivity contribution in [3.63, 3.8) is 0 Å². The van der Waals surface area contributed by atoms with E-state index >= 15 is 0 Å². The molecule has 0 bridgehead atoms. The number of nitrogens with zero attached hydrogens (tertiary/aromatic N) is 2. The Bertz CT molecular complexity index is 1420. The predicted octanol–water partition coefficient (Wildman–Crippen LogP) is 4.23. The molecule has 2 aromatic carbocycles. The molecule has 3 amide bonds. The van der Waals surface area contributed by atoms with Gasteiger partial charge in [-0.05, 0) is 67.6 Å². The van der Waals surface area contributed by atoms with Gasteiger partial charge in [-0.1, -0.05) is 12.1 Å².